The molecule has 7 heteroatoms. The Bertz CT molecular complexity index is 673. The number of hydrogen-bond acceptors (Lipinski definition) is 7. The van der Waals surface area contributed by atoms with E-state index in [4.69, 9.17) is 0 Å². The van der Waals surface area contributed by atoms with E-state index < -0.39 is 0 Å². The van der Waals surface area contributed by atoms with Gasteiger partial charge in [0.25, 0.3) is 0 Å². The van der Waals surface area contributed by atoms with Crippen LogP contribution in [0.15, 0.2) is 24.5 Å². The van der Waals surface area contributed by atoms with Crippen molar-refractivity contribution in [3.8, 4) is 0 Å². The molecule has 0 amide bonds. The van der Waals surface area contributed by atoms with Gasteiger partial charge in [-0.25, -0.2) is 15.0 Å². The van der Waals surface area contributed by atoms with E-state index in [-0.39, 0.29) is 0 Å². The highest BCUT2D eigenvalue weighted by Gasteiger charge is 2.28. The molecule has 1 saturated heterocycles. The van der Waals surface area contributed by atoms with Gasteiger partial charge in [0.15, 0.2) is 0 Å². The van der Waals surface area contributed by atoms with E-state index in [0.717, 1.165) is 42.9 Å². The average Bonchev–Trinajstić information content (AvgIpc) is 3.04. The van der Waals surface area contributed by atoms with Crippen LogP contribution in [0.25, 0.3) is 0 Å². The first-order valence-electron chi connectivity index (χ1n) is 7.82. The van der Waals surface area contributed by atoms with Crippen molar-refractivity contribution in [3.63, 3.8) is 0 Å². The maximum absolute atomic E-state index is 4.62. The Balaban J connectivity index is 1.72. The predicted molar refractivity (Wildman–Crippen MR) is 92.1 cm³/mol. The minimum absolute atomic E-state index is 0.393. The molecule has 1 aliphatic heterocycles. The summed E-state index contributed by atoms with van der Waals surface area (Å²) in [6, 6.07) is 4.27. The highest BCUT2D eigenvalue weighted by molar-refractivity contribution is 5.45. The van der Waals surface area contributed by atoms with Gasteiger partial charge in [0, 0.05) is 58.4 Å². The fraction of sp³-hybridized carbons (Fsp3) is 0.500. The first-order chi connectivity index (χ1) is 11.0. The first-order valence-corrected chi connectivity index (χ1v) is 7.82. The Morgan fingerprint density at radius 1 is 1.09 bits per heavy atom. The Morgan fingerprint density at radius 2 is 1.87 bits per heavy atom. The maximum atomic E-state index is 4.62. The van der Waals surface area contributed by atoms with Crippen LogP contribution in [-0.4, -0.2) is 60.2 Å². The number of aryl methyl sites for hydroxylation is 1. The second kappa shape index (κ2) is 6.36. The van der Waals surface area contributed by atoms with Gasteiger partial charge in [-0.15, -0.1) is 0 Å². The molecule has 1 unspecified atom stereocenters. The largest absolute Gasteiger partial charge is 0.355 e. The Labute approximate surface area is 137 Å². The van der Waals surface area contributed by atoms with Gasteiger partial charge in [0.05, 0.1) is 0 Å². The molecule has 7 nitrogen and oxygen atoms in total. The van der Waals surface area contributed by atoms with Crippen molar-refractivity contribution in [1.29, 1.82) is 0 Å². The number of anilines is 3. The molecule has 0 saturated carbocycles. The molecule has 0 radical (unpaired) electrons. The van der Waals surface area contributed by atoms with Gasteiger partial charge in [-0.1, -0.05) is 0 Å². The van der Waals surface area contributed by atoms with Crippen molar-refractivity contribution in [1.82, 2.24) is 19.9 Å². The summed E-state index contributed by atoms with van der Waals surface area (Å²) in [5.41, 5.74) is 0.998. The molecular formula is C16H23N7. The van der Waals surface area contributed by atoms with E-state index in [1.165, 1.54) is 0 Å². The molecule has 0 bridgehead atoms. The maximum Gasteiger partial charge on any atom is 0.226 e. The van der Waals surface area contributed by atoms with Crippen LogP contribution in [0.1, 0.15) is 12.1 Å². The van der Waals surface area contributed by atoms with Crippen LogP contribution in [0.3, 0.4) is 0 Å². The number of likely N-dealkylation sites (N-methyl/N-ethyl adjacent to an activating group) is 1. The summed E-state index contributed by atoms with van der Waals surface area (Å²) in [5.74, 6) is 2.49. The van der Waals surface area contributed by atoms with Gasteiger partial charge in [0.2, 0.25) is 11.9 Å². The summed E-state index contributed by atoms with van der Waals surface area (Å²) in [6.07, 6.45) is 4.70. The van der Waals surface area contributed by atoms with Crippen molar-refractivity contribution in [2.75, 3.05) is 48.9 Å². The summed E-state index contributed by atoms with van der Waals surface area (Å²) in [5, 5.41) is 0. The minimum Gasteiger partial charge on any atom is -0.355 e. The molecule has 3 heterocycles. The zero-order valence-electron chi connectivity index (χ0n) is 14.1. The number of nitrogens with zero attached hydrogens (tertiary/aromatic N) is 7. The van der Waals surface area contributed by atoms with E-state index in [9.17, 15) is 0 Å². The molecule has 2 aromatic rings. The lowest BCUT2D eigenvalue weighted by Crippen LogP contribution is -2.35. The van der Waals surface area contributed by atoms with Crippen molar-refractivity contribution in [3.05, 3.63) is 30.2 Å². The third-order valence-electron chi connectivity index (χ3n) is 4.17. The second-order valence-corrected chi connectivity index (χ2v) is 6.11. The quantitative estimate of drug-likeness (QED) is 0.844. The lowest BCUT2D eigenvalue weighted by molar-refractivity contribution is 0.682. The van der Waals surface area contributed by atoms with E-state index >= 15 is 0 Å². The molecule has 3 rings (SSSR count). The molecule has 0 spiro atoms. The average molecular weight is 313 g/mol. The van der Waals surface area contributed by atoms with E-state index in [1.54, 1.807) is 0 Å². The molecule has 1 fully saturated rings. The van der Waals surface area contributed by atoms with Crippen LogP contribution < -0.4 is 14.7 Å². The smallest absolute Gasteiger partial charge is 0.226 e. The predicted octanol–water partition coefficient (Wildman–Crippen LogP) is 1.36. The Hall–Kier alpha value is -2.44. The van der Waals surface area contributed by atoms with Crippen molar-refractivity contribution >= 4 is 17.7 Å². The molecule has 0 N–H and O–H groups in total. The van der Waals surface area contributed by atoms with Crippen LogP contribution in [0.2, 0.25) is 0 Å². The van der Waals surface area contributed by atoms with Crippen molar-refractivity contribution in [2.45, 2.75) is 19.4 Å². The summed E-state index contributed by atoms with van der Waals surface area (Å²) in [4.78, 5) is 24.2. The van der Waals surface area contributed by atoms with Gasteiger partial charge in [-0.2, -0.15) is 4.98 Å². The molecule has 122 valence electrons. The third-order valence-corrected chi connectivity index (χ3v) is 4.17. The van der Waals surface area contributed by atoms with Crippen LogP contribution in [0, 0.1) is 6.92 Å². The monoisotopic (exact) mass is 313 g/mol. The fourth-order valence-electron chi connectivity index (χ4n) is 2.77. The third kappa shape index (κ3) is 3.33. The van der Waals surface area contributed by atoms with Crippen molar-refractivity contribution in [2.24, 2.45) is 0 Å². The molecule has 1 atom stereocenters. The molecule has 0 aromatic carbocycles. The first kappa shape index (κ1) is 15.5. The van der Waals surface area contributed by atoms with Gasteiger partial charge in [-0.05, 0) is 25.5 Å². The molecule has 1 aliphatic rings. The number of aromatic nitrogens is 4. The number of hydrogen-bond donors (Lipinski definition) is 0. The Kier molecular flexibility index (Phi) is 4.27. The zero-order chi connectivity index (χ0) is 16.4. The summed E-state index contributed by atoms with van der Waals surface area (Å²) in [6.45, 7) is 3.86. The van der Waals surface area contributed by atoms with Crippen LogP contribution >= 0.6 is 0 Å². The summed E-state index contributed by atoms with van der Waals surface area (Å²) in [7, 11) is 5.99. The topological polar surface area (TPSA) is 61.3 Å². The van der Waals surface area contributed by atoms with Crippen LogP contribution in [0.5, 0.6) is 0 Å². The summed E-state index contributed by atoms with van der Waals surface area (Å²) < 4.78 is 0. The standard InChI is InChI=1S/C16H23N7/c1-12-5-8-18-16(19-12)23-10-7-13(11-23)22(4)14-6-9-17-15(20-14)21(2)3/h5-6,8-9,13H,7,10-11H2,1-4H3. The lowest BCUT2D eigenvalue weighted by atomic mass is 10.2. The minimum atomic E-state index is 0.393. The van der Waals surface area contributed by atoms with E-state index in [0.29, 0.717) is 6.04 Å². The van der Waals surface area contributed by atoms with Crippen LogP contribution in [0.4, 0.5) is 17.7 Å². The van der Waals surface area contributed by atoms with Crippen molar-refractivity contribution < 1.29 is 0 Å². The molecule has 0 aliphatic carbocycles. The van der Waals surface area contributed by atoms with Gasteiger partial charge < -0.3 is 14.7 Å². The molecular weight excluding hydrogens is 290 g/mol. The highest BCUT2D eigenvalue weighted by atomic mass is 15.3. The normalized spacial score (nSPS) is 17.4. The molecule has 23 heavy (non-hydrogen) atoms. The number of rotatable bonds is 4. The second-order valence-electron chi connectivity index (χ2n) is 6.11. The van der Waals surface area contributed by atoms with E-state index in [1.807, 2.05) is 50.4 Å². The Morgan fingerprint density at radius 3 is 2.61 bits per heavy atom. The van der Waals surface area contributed by atoms with Crippen LogP contribution in [-0.2, 0) is 0 Å². The highest BCUT2D eigenvalue weighted by Crippen LogP contribution is 2.23. The van der Waals surface area contributed by atoms with Gasteiger partial charge in [0.1, 0.15) is 5.82 Å². The lowest BCUT2D eigenvalue weighted by Gasteiger charge is -2.26. The van der Waals surface area contributed by atoms with Gasteiger partial charge >= 0.3 is 0 Å². The SMILES string of the molecule is Cc1ccnc(N2CCC(N(C)c3ccnc(N(C)C)n3)C2)n1. The van der Waals surface area contributed by atoms with E-state index in [2.05, 4.69) is 36.8 Å². The molecule has 2 aromatic heterocycles. The fourth-order valence-corrected chi connectivity index (χ4v) is 2.77. The zero-order valence-corrected chi connectivity index (χ0v) is 14.1. The summed E-state index contributed by atoms with van der Waals surface area (Å²) >= 11 is 0. The van der Waals surface area contributed by atoms with Gasteiger partial charge in [-0.3, -0.25) is 0 Å².